The van der Waals surface area contributed by atoms with Gasteiger partial charge in [-0.15, -0.1) is 0 Å². The first kappa shape index (κ1) is 71.8. The van der Waals surface area contributed by atoms with Crippen LogP contribution in [0, 0.1) is 17.8 Å². The lowest BCUT2D eigenvalue weighted by Gasteiger charge is -2.33. The second kappa shape index (κ2) is 35.8. The average Bonchev–Trinajstić information content (AvgIpc) is 2.35. The average molecular weight is 1240 g/mol. The highest BCUT2D eigenvalue weighted by molar-refractivity contribution is 7.80. The van der Waals surface area contributed by atoms with E-state index in [1.165, 1.54) is 4.90 Å². The third-order valence-corrected chi connectivity index (χ3v) is 16.2. The molecule has 480 valence electrons. The molecule has 1 saturated carbocycles. The lowest BCUT2D eigenvalue weighted by atomic mass is 9.83. The van der Waals surface area contributed by atoms with E-state index in [0.717, 1.165) is 32.1 Å². The van der Waals surface area contributed by atoms with Crippen molar-refractivity contribution in [2.45, 2.75) is 191 Å². The van der Waals surface area contributed by atoms with E-state index >= 15 is 4.79 Å². The molecule has 1 saturated heterocycles. The number of nitrogens with one attached hydrogen (secondary N) is 8. The summed E-state index contributed by atoms with van der Waals surface area (Å²) in [5, 5.41) is 50.0. The van der Waals surface area contributed by atoms with Crippen molar-refractivity contribution in [3.8, 4) is 0 Å². The van der Waals surface area contributed by atoms with Gasteiger partial charge in [0.05, 0.1) is 19.1 Å². The van der Waals surface area contributed by atoms with Gasteiger partial charge < -0.3 is 74.2 Å². The number of primary amides is 1. The number of carbonyl (C=O) groups excluding carboxylic acids is 10. The molecular formula is C60H89N11O15S. The van der Waals surface area contributed by atoms with Gasteiger partial charge in [0, 0.05) is 24.6 Å². The normalized spacial score (nSPS) is 17.7. The van der Waals surface area contributed by atoms with E-state index in [4.69, 9.17) is 11.5 Å². The van der Waals surface area contributed by atoms with Crippen LogP contribution in [0.15, 0.2) is 60.7 Å². The van der Waals surface area contributed by atoms with E-state index in [0.29, 0.717) is 24.0 Å². The smallest absolute Gasteiger partial charge is 0.305 e. The first-order chi connectivity index (χ1) is 41.3. The van der Waals surface area contributed by atoms with Crippen LogP contribution in [0.25, 0.3) is 0 Å². The number of likely N-dealkylation sites (tertiary alicyclic amines) is 1. The second-order valence-corrected chi connectivity index (χ2v) is 23.3. The summed E-state index contributed by atoms with van der Waals surface area (Å²) < 4.78 is 0. The zero-order chi connectivity index (χ0) is 64.5. The molecule has 2 aromatic rings. The molecule has 4 rings (SSSR count). The zero-order valence-electron chi connectivity index (χ0n) is 50.2. The molecule has 1 aliphatic carbocycles. The molecule has 1 aliphatic heterocycles. The summed E-state index contributed by atoms with van der Waals surface area (Å²) in [6, 6.07) is 3.51. The molecule has 11 atom stereocenters. The Labute approximate surface area is 512 Å². The minimum Gasteiger partial charge on any atom is -0.481 e. The molecule has 0 radical (unpaired) electrons. The van der Waals surface area contributed by atoms with Gasteiger partial charge in [0.1, 0.15) is 54.4 Å². The maximum atomic E-state index is 15.2. The Morgan fingerprint density at radius 1 is 0.586 bits per heavy atom. The third kappa shape index (κ3) is 22.2. The first-order valence-electron chi connectivity index (χ1n) is 29.9. The van der Waals surface area contributed by atoms with Gasteiger partial charge in [0.25, 0.3) is 0 Å². The standard InChI is InChI=1S/C60H89N11O15S/c1-6-34(5)49(69-59(85)50(48(36-20-13-9-14-21-36)37-22-15-10-16-23-37)70-54(80)40(25-26-46(73)74)64-52(78)38(61)30-47(75)76)58(84)66-42(29-35-18-11-8-12-19-35)55(81)68-44(32-87)60(86)71-27-17-24-45(71)57(83)63-39(7-2)53(79)67-43(31-72)56(82)65-41(51(62)77)28-33(3)4/h9-10,13-16,20-23,33-35,38-45,48-50,72,87H,6-8,11-12,17-19,24-32,61H2,1-5H3,(H2,62,77)(H,63,83)(H,64,78)(H,65,82)(H,66,84)(H,67,79)(H,68,81)(H,69,85)(H,70,80)(H,73,74)(H,75,76)/t34-,38-,39-,40-,41-,42-,43-,44-,45-,49-,50-/m0/s1. The van der Waals surface area contributed by atoms with Gasteiger partial charge in [0.15, 0.2) is 0 Å². The Morgan fingerprint density at radius 2 is 1.10 bits per heavy atom. The minimum atomic E-state index is -1.63. The number of amides is 10. The molecule has 0 aromatic heterocycles. The number of hydrogen-bond acceptors (Lipinski definition) is 15. The van der Waals surface area contributed by atoms with Crippen LogP contribution in [0.1, 0.15) is 142 Å². The van der Waals surface area contributed by atoms with Crippen molar-refractivity contribution in [1.29, 1.82) is 0 Å². The molecule has 0 spiro atoms. The molecule has 0 unspecified atom stereocenters. The van der Waals surface area contributed by atoms with Crippen molar-refractivity contribution >= 4 is 83.6 Å². The summed E-state index contributed by atoms with van der Waals surface area (Å²) >= 11 is 4.43. The van der Waals surface area contributed by atoms with Gasteiger partial charge in [-0.05, 0) is 67.4 Å². The molecular weight excluding hydrogens is 1150 g/mol. The number of aliphatic hydroxyl groups excluding tert-OH is 1. The Hall–Kier alpha value is -7.65. The molecule has 2 fully saturated rings. The van der Waals surface area contributed by atoms with Crippen LogP contribution in [0.2, 0.25) is 0 Å². The fourth-order valence-electron chi connectivity index (χ4n) is 10.8. The van der Waals surface area contributed by atoms with Gasteiger partial charge in [-0.25, -0.2) is 0 Å². The largest absolute Gasteiger partial charge is 0.481 e. The third-order valence-electron chi connectivity index (χ3n) is 15.8. The van der Waals surface area contributed by atoms with Gasteiger partial charge in [-0.2, -0.15) is 12.6 Å². The molecule has 87 heavy (non-hydrogen) atoms. The van der Waals surface area contributed by atoms with Crippen LogP contribution in [0.4, 0.5) is 0 Å². The Bertz CT molecular complexity index is 2640. The highest BCUT2D eigenvalue weighted by Crippen LogP contribution is 2.31. The number of carboxylic acids is 2. The molecule has 15 N–H and O–H groups in total. The molecule has 2 aliphatic rings. The molecule has 26 nitrogen and oxygen atoms in total. The number of rotatable bonds is 35. The highest BCUT2D eigenvalue weighted by Gasteiger charge is 2.42. The second-order valence-electron chi connectivity index (χ2n) is 22.9. The van der Waals surface area contributed by atoms with Gasteiger partial charge >= 0.3 is 11.9 Å². The van der Waals surface area contributed by atoms with E-state index in [1.807, 2.05) is 13.8 Å². The Kier molecular flexibility index (Phi) is 29.6. The van der Waals surface area contributed by atoms with Crippen molar-refractivity contribution in [1.82, 2.24) is 47.4 Å². The fraction of sp³-hybridized carbons (Fsp3) is 0.600. The zero-order valence-corrected chi connectivity index (χ0v) is 51.1. The lowest BCUT2D eigenvalue weighted by Crippen LogP contribution is -2.62. The van der Waals surface area contributed by atoms with Crippen molar-refractivity contribution < 1.29 is 72.9 Å². The van der Waals surface area contributed by atoms with Gasteiger partial charge in [-0.3, -0.25) is 57.5 Å². The molecule has 10 amide bonds. The number of aliphatic hydroxyl groups is 1. The Balaban J connectivity index is 1.62. The summed E-state index contributed by atoms with van der Waals surface area (Å²) in [7, 11) is 0. The summed E-state index contributed by atoms with van der Waals surface area (Å²) in [6.07, 6.45) is 3.53. The predicted molar refractivity (Wildman–Crippen MR) is 323 cm³/mol. The van der Waals surface area contributed by atoms with Crippen molar-refractivity contribution in [3.05, 3.63) is 71.8 Å². The summed E-state index contributed by atoms with van der Waals surface area (Å²) in [5.74, 6) is -13.0. The van der Waals surface area contributed by atoms with E-state index < -0.39 is 169 Å². The number of benzene rings is 2. The minimum absolute atomic E-state index is 0.0266. The predicted octanol–water partition coefficient (Wildman–Crippen LogP) is 0.235. The number of hydrogen-bond donors (Lipinski definition) is 14. The molecule has 2 aromatic carbocycles. The number of carboxylic acid groups (broad SMARTS) is 2. The summed E-state index contributed by atoms with van der Waals surface area (Å²) in [6.45, 7) is 7.97. The quantitative estimate of drug-likeness (QED) is 0.0411. The molecule has 0 bridgehead atoms. The topological polar surface area (TPSA) is 417 Å². The van der Waals surface area contributed by atoms with E-state index in [2.05, 4.69) is 55.2 Å². The van der Waals surface area contributed by atoms with Crippen LogP contribution in [-0.2, 0) is 57.5 Å². The summed E-state index contributed by atoms with van der Waals surface area (Å²) in [5.41, 5.74) is 12.3. The molecule has 27 heteroatoms. The monoisotopic (exact) mass is 1240 g/mol. The maximum Gasteiger partial charge on any atom is 0.305 e. The van der Waals surface area contributed by atoms with Crippen molar-refractivity contribution in [2.75, 3.05) is 18.9 Å². The lowest BCUT2D eigenvalue weighted by molar-refractivity contribution is -0.142. The highest BCUT2D eigenvalue weighted by atomic mass is 32.1. The van der Waals surface area contributed by atoms with Crippen LogP contribution >= 0.6 is 12.6 Å². The van der Waals surface area contributed by atoms with E-state index in [9.17, 15) is 68.1 Å². The fourth-order valence-corrected chi connectivity index (χ4v) is 11.0. The van der Waals surface area contributed by atoms with Crippen molar-refractivity contribution in [2.24, 2.45) is 29.2 Å². The van der Waals surface area contributed by atoms with Crippen molar-refractivity contribution in [3.63, 3.8) is 0 Å². The van der Waals surface area contributed by atoms with Crippen LogP contribution in [0.5, 0.6) is 0 Å². The number of nitrogens with two attached hydrogens (primary N) is 2. The van der Waals surface area contributed by atoms with Crippen LogP contribution in [-0.4, -0.2) is 171 Å². The Morgan fingerprint density at radius 3 is 1.63 bits per heavy atom. The van der Waals surface area contributed by atoms with Gasteiger partial charge in [0.2, 0.25) is 59.1 Å². The SMILES string of the molecule is CC[C@H](NC(=O)[C@@H]1CCCN1C(=O)[C@H](CS)NC(=O)[C@H](CC1CCCCC1)NC(=O)[C@@H](NC(=O)[C@@H](NC(=O)[C@H](CCC(=O)O)NC(=O)[C@@H](N)CC(=O)O)C(c1ccccc1)c1ccccc1)[C@@H](C)CC)C(=O)N[C@@H](CO)C(=O)N[C@@H](CC(C)C)C(N)=O. The number of thiol groups is 1. The maximum absolute atomic E-state index is 15.2. The van der Waals surface area contributed by atoms with Crippen LogP contribution < -0.4 is 54.0 Å². The number of nitrogens with zero attached hydrogens (tertiary/aromatic N) is 1. The number of carbonyl (C=O) groups is 12. The number of aliphatic carboxylic acids is 2. The van der Waals surface area contributed by atoms with E-state index in [-0.39, 0.29) is 49.8 Å². The van der Waals surface area contributed by atoms with Crippen LogP contribution in [0.3, 0.4) is 0 Å². The first-order valence-corrected chi connectivity index (χ1v) is 30.5. The molecule has 1 heterocycles. The van der Waals surface area contributed by atoms with Gasteiger partial charge in [-0.1, -0.05) is 134 Å². The van der Waals surface area contributed by atoms with E-state index in [1.54, 1.807) is 81.4 Å². The summed E-state index contributed by atoms with van der Waals surface area (Å²) in [4.78, 5) is 164.